The number of aromatic nitrogens is 3. The second-order valence-corrected chi connectivity index (χ2v) is 9.31. The zero-order valence-corrected chi connectivity index (χ0v) is 20.3. The Morgan fingerprint density at radius 1 is 0.590 bits per heavy atom. The topological polar surface area (TPSA) is 51.8 Å². The molecule has 0 spiro atoms. The van der Waals surface area contributed by atoms with Crippen LogP contribution in [-0.4, -0.2) is 15.0 Å². The van der Waals surface area contributed by atoms with Crippen molar-refractivity contribution in [2.24, 2.45) is 0 Å². The predicted molar refractivity (Wildman–Crippen MR) is 146 cm³/mol. The fraction of sp³-hybridized carbons (Fsp3) is 0.0312. The monoisotopic (exact) mass is 517 g/mol. The average Bonchev–Trinajstić information content (AvgIpc) is 3.34. The predicted octanol–water partition coefficient (Wildman–Crippen LogP) is 8.94. The zero-order chi connectivity index (χ0) is 26.6. The molecular weight excluding hydrogens is 499 g/mol. The fourth-order valence-electron chi connectivity index (χ4n) is 4.82. The SMILES string of the molecule is FC(F)(F)c1ccc(-c2ccc3cc(-c4ccc(-c5ccc6oc7ncccc7c6c5)nc4)cnc3c2)cc1. The number of hydrogen-bond donors (Lipinski definition) is 0. The Balaban J connectivity index is 1.17. The van der Waals surface area contributed by atoms with Crippen molar-refractivity contribution in [1.29, 1.82) is 0 Å². The number of alkyl halides is 3. The molecule has 0 atom stereocenters. The van der Waals surface area contributed by atoms with Crippen molar-refractivity contribution in [1.82, 2.24) is 15.0 Å². The van der Waals surface area contributed by atoms with Crippen molar-refractivity contribution < 1.29 is 17.6 Å². The summed E-state index contributed by atoms with van der Waals surface area (Å²) in [6, 6.07) is 26.8. The normalized spacial score (nSPS) is 12.0. The molecule has 4 nitrogen and oxygen atoms in total. The molecule has 0 unspecified atom stereocenters. The highest BCUT2D eigenvalue weighted by atomic mass is 19.4. The molecule has 4 aromatic heterocycles. The van der Waals surface area contributed by atoms with Crippen molar-refractivity contribution in [3.63, 3.8) is 0 Å². The quantitative estimate of drug-likeness (QED) is 0.235. The lowest BCUT2D eigenvalue weighted by molar-refractivity contribution is -0.137. The molecule has 3 aromatic carbocycles. The number of pyridine rings is 3. The maximum absolute atomic E-state index is 12.9. The molecule has 0 fully saturated rings. The van der Waals surface area contributed by atoms with Crippen LogP contribution in [0.1, 0.15) is 5.56 Å². The van der Waals surface area contributed by atoms with E-state index >= 15 is 0 Å². The van der Waals surface area contributed by atoms with Crippen molar-refractivity contribution >= 4 is 33.0 Å². The molecule has 0 aliphatic rings. The third-order valence-electron chi connectivity index (χ3n) is 6.87. The van der Waals surface area contributed by atoms with E-state index in [0.717, 1.165) is 67.3 Å². The van der Waals surface area contributed by atoms with Crippen LogP contribution in [0.3, 0.4) is 0 Å². The minimum absolute atomic E-state index is 0.614. The fourth-order valence-corrected chi connectivity index (χ4v) is 4.82. The second kappa shape index (κ2) is 8.77. The standard InChI is InChI=1S/C32H18F3N3O/c33-32(34,35)25-9-5-19(6-10-25)20-3-4-21-14-24(18-38-29(21)16-20)23-7-11-28(37-17-23)22-8-12-30-27(15-22)26-2-1-13-36-31(26)39-30/h1-18H. The van der Waals surface area contributed by atoms with Gasteiger partial charge < -0.3 is 4.42 Å². The van der Waals surface area contributed by atoms with E-state index in [1.165, 1.54) is 12.1 Å². The molecule has 7 heteroatoms. The minimum atomic E-state index is -4.35. The lowest BCUT2D eigenvalue weighted by atomic mass is 10.0. The third-order valence-corrected chi connectivity index (χ3v) is 6.87. The Morgan fingerprint density at radius 3 is 2.15 bits per heavy atom. The summed E-state index contributed by atoms with van der Waals surface area (Å²) in [6.07, 6.45) is 0.971. The van der Waals surface area contributed by atoms with Gasteiger partial charge in [-0.1, -0.05) is 30.3 Å². The van der Waals surface area contributed by atoms with Crippen LogP contribution in [0, 0.1) is 0 Å². The van der Waals surface area contributed by atoms with Gasteiger partial charge in [0.15, 0.2) is 0 Å². The molecule has 0 bridgehead atoms. The lowest BCUT2D eigenvalue weighted by Gasteiger charge is -2.09. The molecular formula is C32H18F3N3O. The van der Waals surface area contributed by atoms with Crippen LogP contribution in [0.4, 0.5) is 13.2 Å². The molecule has 39 heavy (non-hydrogen) atoms. The molecule has 7 aromatic rings. The summed E-state index contributed by atoms with van der Waals surface area (Å²) < 4.78 is 44.5. The van der Waals surface area contributed by atoms with Crippen LogP contribution in [0.15, 0.2) is 114 Å². The molecule has 0 saturated carbocycles. The number of benzene rings is 3. The van der Waals surface area contributed by atoms with Gasteiger partial charge in [-0.05, 0) is 71.8 Å². The van der Waals surface area contributed by atoms with Crippen molar-refractivity contribution in [2.75, 3.05) is 0 Å². The Morgan fingerprint density at radius 2 is 1.36 bits per heavy atom. The van der Waals surface area contributed by atoms with E-state index in [2.05, 4.69) is 16.0 Å². The van der Waals surface area contributed by atoms with E-state index in [4.69, 9.17) is 9.40 Å². The van der Waals surface area contributed by atoms with E-state index in [-0.39, 0.29) is 0 Å². The highest BCUT2D eigenvalue weighted by Gasteiger charge is 2.30. The van der Waals surface area contributed by atoms with Gasteiger partial charge in [-0.25, -0.2) is 4.98 Å². The third kappa shape index (κ3) is 4.18. The van der Waals surface area contributed by atoms with Crippen LogP contribution >= 0.6 is 0 Å². The molecule has 188 valence electrons. The van der Waals surface area contributed by atoms with Crippen molar-refractivity contribution in [3.05, 3.63) is 115 Å². The van der Waals surface area contributed by atoms with Crippen LogP contribution < -0.4 is 0 Å². The molecule has 0 radical (unpaired) electrons. The maximum Gasteiger partial charge on any atom is 0.416 e. The van der Waals surface area contributed by atoms with Crippen LogP contribution in [0.5, 0.6) is 0 Å². The highest BCUT2D eigenvalue weighted by Crippen LogP contribution is 2.33. The zero-order valence-electron chi connectivity index (χ0n) is 20.3. The van der Waals surface area contributed by atoms with Gasteiger partial charge in [0.05, 0.1) is 16.8 Å². The molecule has 7 rings (SSSR count). The molecule has 4 heterocycles. The maximum atomic E-state index is 12.9. The lowest BCUT2D eigenvalue weighted by Crippen LogP contribution is -2.03. The molecule has 0 N–H and O–H groups in total. The van der Waals surface area contributed by atoms with E-state index in [1.807, 2.05) is 66.9 Å². The number of halogens is 3. The van der Waals surface area contributed by atoms with Crippen LogP contribution in [0.2, 0.25) is 0 Å². The van der Waals surface area contributed by atoms with Gasteiger partial charge in [-0.2, -0.15) is 13.2 Å². The number of furan rings is 1. The summed E-state index contributed by atoms with van der Waals surface area (Å²) in [4.78, 5) is 13.6. The Hall–Kier alpha value is -5.04. The number of hydrogen-bond acceptors (Lipinski definition) is 4. The average molecular weight is 518 g/mol. The van der Waals surface area contributed by atoms with Gasteiger partial charge >= 0.3 is 6.18 Å². The summed E-state index contributed by atoms with van der Waals surface area (Å²) in [5, 5.41) is 2.89. The van der Waals surface area contributed by atoms with E-state index < -0.39 is 11.7 Å². The summed E-state index contributed by atoms with van der Waals surface area (Å²) in [5.41, 5.74) is 6.68. The summed E-state index contributed by atoms with van der Waals surface area (Å²) in [6.45, 7) is 0. The van der Waals surface area contributed by atoms with Gasteiger partial charge in [0.25, 0.3) is 0 Å². The first-order chi connectivity index (χ1) is 18.9. The van der Waals surface area contributed by atoms with E-state index in [1.54, 1.807) is 12.4 Å². The van der Waals surface area contributed by atoms with Crippen molar-refractivity contribution in [3.8, 4) is 33.5 Å². The number of rotatable bonds is 3. The summed E-state index contributed by atoms with van der Waals surface area (Å²) >= 11 is 0. The molecule has 0 saturated heterocycles. The Bertz CT molecular complexity index is 1990. The first-order valence-electron chi connectivity index (χ1n) is 12.2. The summed E-state index contributed by atoms with van der Waals surface area (Å²) in [7, 11) is 0. The first-order valence-corrected chi connectivity index (χ1v) is 12.2. The Labute approximate surface area is 220 Å². The number of nitrogens with zero attached hydrogens (tertiary/aromatic N) is 3. The van der Waals surface area contributed by atoms with Gasteiger partial charge in [0.1, 0.15) is 5.58 Å². The van der Waals surface area contributed by atoms with Crippen molar-refractivity contribution in [2.45, 2.75) is 6.18 Å². The van der Waals surface area contributed by atoms with E-state index in [0.29, 0.717) is 11.3 Å². The Kier molecular flexibility index (Phi) is 5.20. The molecule has 0 amide bonds. The van der Waals surface area contributed by atoms with E-state index in [9.17, 15) is 13.2 Å². The second-order valence-electron chi connectivity index (χ2n) is 9.31. The van der Waals surface area contributed by atoms with Gasteiger partial charge in [-0.3, -0.25) is 9.97 Å². The smallest absolute Gasteiger partial charge is 0.416 e. The highest BCUT2D eigenvalue weighted by molar-refractivity contribution is 6.04. The molecule has 0 aliphatic carbocycles. The number of fused-ring (bicyclic) bond motifs is 4. The van der Waals surface area contributed by atoms with Gasteiger partial charge in [0.2, 0.25) is 5.71 Å². The summed E-state index contributed by atoms with van der Waals surface area (Å²) in [5.74, 6) is 0. The van der Waals surface area contributed by atoms with Crippen LogP contribution in [0.25, 0.3) is 66.5 Å². The minimum Gasteiger partial charge on any atom is -0.438 e. The van der Waals surface area contributed by atoms with Crippen LogP contribution in [-0.2, 0) is 6.18 Å². The van der Waals surface area contributed by atoms with Gasteiger partial charge in [-0.15, -0.1) is 0 Å². The van der Waals surface area contributed by atoms with Gasteiger partial charge in [0, 0.05) is 51.4 Å². The largest absolute Gasteiger partial charge is 0.438 e. The first kappa shape index (κ1) is 23.1. The molecule has 0 aliphatic heterocycles.